The molecule has 2 N–H and O–H groups in total. The van der Waals surface area contributed by atoms with Gasteiger partial charge in [-0.3, -0.25) is 4.79 Å². The van der Waals surface area contributed by atoms with E-state index in [4.69, 9.17) is 11.6 Å². The van der Waals surface area contributed by atoms with Gasteiger partial charge in [0.1, 0.15) is 6.54 Å². The summed E-state index contributed by atoms with van der Waals surface area (Å²) >= 11 is 5.84. The molecule has 0 radical (unpaired) electrons. The van der Waals surface area contributed by atoms with E-state index in [-0.39, 0.29) is 6.03 Å². The summed E-state index contributed by atoms with van der Waals surface area (Å²) in [6, 6.07) is 6.36. The summed E-state index contributed by atoms with van der Waals surface area (Å²) in [5.74, 6) is -1.13. The van der Waals surface area contributed by atoms with Crippen molar-refractivity contribution in [3.8, 4) is 0 Å². The summed E-state index contributed by atoms with van der Waals surface area (Å²) in [6.45, 7) is -0.728. The third kappa shape index (κ3) is 5.59. The smallest absolute Gasteiger partial charge is 0.347 e. The van der Waals surface area contributed by atoms with Crippen molar-refractivity contribution in [3.63, 3.8) is 0 Å². The molecule has 5 nitrogen and oxygen atoms in total. The molecule has 9 heteroatoms. The molecule has 1 heterocycles. The molecule has 0 aliphatic carbocycles. The minimum atomic E-state index is -4.42. The van der Waals surface area contributed by atoms with E-state index < -0.39 is 24.5 Å². The van der Waals surface area contributed by atoms with E-state index in [0.717, 1.165) is 0 Å². The number of carbonyl (C=O) groups is 2. The Morgan fingerprint density at radius 1 is 1.25 bits per heavy atom. The topological polar surface area (TPSA) is 61.4 Å². The van der Waals surface area contributed by atoms with Crippen LogP contribution >= 0.6 is 11.6 Å². The minimum Gasteiger partial charge on any atom is -0.347 e. The second kappa shape index (κ2) is 7.74. The molecule has 1 aromatic carbocycles. The van der Waals surface area contributed by atoms with Crippen LogP contribution in [0.15, 0.2) is 24.3 Å². The van der Waals surface area contributed by atoms with Gasteiger partial charge in [-0.1, -0.05) is 17.7 Å². The number of amides is 3. The Kier molecular flexibility index (Phi) is 5.93. The van der Waals surface area contributed by atoms with Crippen LogP contribution in [-0.2, 0) is 4.79 Å². The molecule has 1 saturated heterocycles. The Hall–Kier alpha value is -1.96. The Labute approximate surface area is 142 Å². The Morgan fingerprint density at radius 3 is 2.50 bits per heavy atom. The largest absolute Gasteiger partial charge is 0.405 e. The van der Waals surface area contributed by atoms with E-state index in [1.165, 1.54) is 4.90 Å². The molecule has 1 aliphatic rings. The lowest BCUT2D eigenvalue weighted by Gasteiger charge is -2.31. The van der Waals surface area contributed by atoms with E-state index >= 15 is 0 Å². The zero-order valence-corrected chi connectivity index (χ0v) is 13.5. The maximum absolute atomic E-state index is 12.1. The second-order valence-corrected chi connectivity index (χ2v) is 5.97. The summed E-state index contributed by atoms with van der Waals surface area (Å²) in [7, 11) is 0. The highest BCUT2D eigenvalue weighted by atomic mass is 35.5. The number of anilines is 1. The predicted octanol–water partition coefficient (Wildman–Crippen LogP) is 3.26. The van der Waals surface area contributed by atoms with Crippen molar-refractivity contribution in [2.24, 2.45) is 5.92 Å². The van der Waals surface area contributed by atoms with Crippen LogP contribution in [0.2, 0.25) is 5.02 Å². The molecule has 1 fully saturated rings. The molecule has 0 aromatic heterocycles. The van der Waals surface area contributed by atoms with Crippen molar-refractivity contribution in [2.75, 3.05) is 25.0 Å². The van der Waals surface area contributed by atoms with Crippen LogP contribution in [0, 0.1) is 5.92 Å². The molecule has 0 atom stereocenters. The number of hydrogen-bond acceptors (Lipinski definition) is 2. The average Bonchev–Trinajstić information content (AvgIpc) is 2.52. The van der Waals surface area contributed by atoms with Crippen LogP contribution in [-0.4, -0.2) is 42.6 Å². The molecule has 0 spiro atoms. The third-order valence-electron chi connectivity index (χ3n) is 3.69. The molecule has 2 rings (SSSR count). The van der Waals surface area contributed by atoms with Gasteiger partial charge < -0.3 is 15.5 Å². The van der Waals surface area contributed by atoms with Crippen molar-refractivity contribution in [1.82, 2.24) is 10.2 Å². The minimum absolute atomic E-state index is 0.302. The monoisotopic (exact) mass is 363 g/mol. The molecule has 0 unspecified atom stereocenters. The number of piperidine rings is 1. The van der Waals surface area contributed by atoms with Crippen molar-refractivity contribution in [3.05, 3.63) is 29.3 Å². The molecule has 132 valence electrons. The number of hydrogen-bond donors (Lipinski definition) is 2. The van der Waals surface area contributed by atoms with Gasteiger partial charge in [-0.25, -0.2) is 4.79 Å². The van der Waals surface area contributed by atoms with Crippen LogP contribution < -0.4 is 10.6 Å². The van der Waals surface area contributed by atoms with Crippen molar-refractivity contribution in [2.45, 2.75) is 19.0 Å². The number of carbonyl (C=O) groups excluding carboxylic acids is 2. The molecular formula is C15H17ClF3N3O2. The fourth-order valence-electron chi connectivity index (χ4n) is 2.45. The van der Waals surface area contributed by atoms with Gasteiger partial charge in [0.25, 0.3) is 0 Å². The number of nitrogens with one attached hydrogen (secondary N) is 2. The van der Waals surface area contributed by atoms with Gasteiger partial charge in [0, 0.05) is 29.7 Å². The summed E-state index contributed by atoms with van der Waals surface area (Å²) in [4.78, 5) is 25.4. The van der Waals surface area contributed by atoms with Gasteiger partial charge in [0.05, 0.1) is 0 Å². The first-order valence-electron chi connectivity index (χ1n) is 7.40. The number of urea groups is 1. The summed E-state index contributed by atoms with van der Waals surface area (Å²) in [6.07, 6.45) is -3.77. The van der Waals surface area contributed by atoms with Crippen molar-refractivity contribution < 1.29 is 22.8 Å². The first-order valence-corrected chi connectivity index (χ1v) is 7.78. The van der Waals surface area contributed by atoms with E-state index in [0.29, 0.717) is 36.6 Å². The lowest BCUT2D eigenvalue weighted by Crippen LogP contribution is -2.45. The van der Waals surface area contributed by atoms with E-state index in [9.17, 15) is 22.8 Å². The van der Waals surface area contributed by atoms with E-state index in [2.05, 4.69) is 5.32 Å². The number of benzene rings is 1. The Morgan fingerprint density at radius 2 is 1.92 bits per heavy atom. The molecule has 24 heavy (non-hydrogen) atoms. The van der Waals surface area contributed by atoms with Gasteiger partial charge in [0.2, 0.25) is 5.91 Å². The summed E-state index contributed by atoms with van der Waals surface area (Å²) in [5.41, 5.74) is 0.553. The summed E-state index contributed by atoms with van der Waals surface area (Å²) in [5, 5.41) is 5.07. The van der Waals surface area contributed by atoms with Crippen molar-refractivity contribution in [1.29, 1.82) is 0 Å². The number of rotatable bonds is 3. The first-order chi connectivity index (χ1) is 11.2. The zero-order chi connectivity index (χ0) is 17.7. The predicted molar refractivity (Wildman–Crippen MR) is 83.8 cm³/mol. The Bertz CT molecular complexity index is 602. The Balaban J connectivity index is 1.79. The SMILES string of the molecule is O=C(NCC(F)(F)F)C1CCN(C(=O)Nc2cccc(Cl)c2)CC1. The van der Waals surface area contributed by atoms with Crippen LogP contribution in [0.4, 0.5) is 23.7 Å². The molecule has 1 aromatic rings. The van der Waals surface area contributed by atoms with Gasteiger partial charge in [-0.15, -0.1) is 0 Å². The molecule has 1 aliphatic heterocycles. The van der Waals surface area contributed by atoms with E-state index in [1.54, 1.807) is 24.3 Å². The standard InChI is InChI=1S/C15H17ClF3N3O2/c16-11-2-1-3-12(8-11)21-14(24)22-6-4-10(5-7-22)13(23)20-9-15(17,18)19/h1-3,8,10H,4-7,9H2,(H,20,23)(H,21,24). The lowest BCUT2D eigenvalue weighted by atomic mass is 9.96. The molecule has 3 amide bonds. The quantitative estimate of drug-likeness (QED) is 0.866. The lowest BCUT2D eigenvalue weighted by molar-refractivity contribution is -0.141. The number of alkyl halides is 3. The highest BCUT2D eigenvalue weighted by Gasteiger charge is 2.31. The second-order valence-electron chi connectivity index (χ2n) is 5.53. The molecular weight excluding hydrogens is 347 g/mol. The third-order valence-corrected chi connectivity index (χ3v) is 3.93. The van der Waals surface area contributed by atoms with Gasteiger partial charge in [0.15, 0.2) is 0 Å². The first kappa shape index (κ1) is 18.4. The maximum atomic E-state index is 12.1. The normalized spacial score (nSPS) is 15.9. The van der Waals surface area contributed by atoms with Crippen molar-refractivity contribution >= 4 is 29.2 Å². The zero-order valence-electron chi connectivity index (χ0n) is 12.7. The van der Waals surface area contributed by atoms with Gasteiger partial charge in [-0.05, 0) is 31.0 Å². The van der Waals surface area contributed by atoms with Gasteiger partial charge >= 0.3 is 12.2 Å². The average molecular weight is 364 g/mol. The van der Waals surface area contributed by atoms with Crippen LogP contribution in [0.5, 0.6) is 0 Å². The van der Waals surface area contributed by atoms with Crippen LogP contribution in [0.25, 0.3) is 0 Å². The highest BCUT2D eigenvalue weighted by Crippen LogP contribution is 2.20. The van der Waals surface area contributed by atoms with Crippen LogP contribution in [0.3, 0.4) is 0 Å². The maximum Gasteiger partial charge on any atom is 0.405 e. The fraction of sp³-hybridized carbons (Fsp3) is 0.467. The highest BCUT2D eigenvalue weighted by molar-refractivity contribution is 6.30. The summed E-state index contributed by atoms with van der Waals surface area (Å²) < 4.78 is 36.3. The fourth-order valence-corrected chi connectivity index (χ4v) is 2.64. The van der Waals surface area contributed by atoms with E-state index in [1.807, 2.05) is 5.32 Å². The number of nitrogens with zero attached hydrogens (tertiary/aromatic N) is 1. The molecule has 0 saturated carbocycles. The number of halogens is 4. The number of likely N-dealkylation sites (tertiary alicyclic amines) is 1. The molecule has 0 bridgehead atoms. The van der Waals surface area contributed by atoms with Crippen LogP contribution in [0.1, 0.15) is 12.8 Å². The van der Waals surface area contributed by atoms with Gasteiger partial charge in [-0.2, -0.15) is 13.2 Å².